The van der Waals surface area contributed by atoms with Crippen LogP contribution in [-0.4, -0.2) is 30.9 Å². The zero-order valence-corrected chi connectivity index (χ0v) is 13.9. The predicted octanol–water partition coefficient (Wildman–Crippen LogP) is 2.26. The molecule has 9 nitrogen and oxygen atoms in total. The molecule has 2 rings (SSSR count). The Morgan fingerprint density at radius 1 is 0.840 bits per heavy atom. The van der Waals surface area contributed by atoms with Crippen molar-refractivity contribution in [3.05, 3.63) is 63.7 Å². The molecule has 0 saturated heterocycles. The highest BCUT2D eigenvalue weighted by atomic mass is 32.2. The summed E-state index contributed by atoms with van der Waals surface area (Å²) in [5, 5.41) is 11.0. The molecule has 2 N–H and O–H groups in total. The van der Waals surface area contributed by atoms with Crippen LogP contribution in [0.1, 0.15) is 11.1 Å². The highest BCUT2D eigenvalue weighted by molar-refractivity contribution is 7.86. The Hall–Kier alpha value is -2.60. The molecule has 0 amide bonds. The fraction of sp³-hybridized carbons (Fsp3) is 0. The predicted molar refractivity (Wildman–Crippen MR) is 88.1 cm³/mol. The Labute approximate surface area is 142 Å². The van der Waals surface area contributed by atoms with E-state index in [1.165, 1.54) is 30.3 Å². The molecule has 25 heavy (non-hydrogen) atoms. The Morgan fingerprint density at radius 3 is 1.96 bits per heavy atom. The first-order valence-electron chi connectivity index (χ1n) is 6.51. The number of nitrogens with zero attached hydrogens (tertiary/aromatic N) is 1. The SMILES string of the molecule is O=[N+]([O-])c1cccc(/C=C/c2ccccc2S(=O)(=O)O)c1S(=O)(=O)O. The average molecular weight is 385 g/mol. The van der Waals surface area contributed by atoms with Crippen LogP contribution < -0.4 is 0 Å². The van der Waals surface area contributed by atoms with Gasteiger partial charge in [0.15, 0.2) is 4.90 Å². The summed E-state index contributed by atoms with van der Waals surface area (Å²) in [6.07, 6.45) is 2.23. The Balaban J connectivity index is 2.66. The molecule has 2 aromatic carbocycles. The number of nitro groups is 1. The van der Waals surface area contributed by atoms with E-state index < -0.39 is 40.6 Å². The molecule has 0 aliphatic heterocycles. The summed E-state index contributed by atoms with van der Waals surface area (Å²) in [5.74, 6) is 0. The van der Waals surface area contributed by atoms with Crippen LogP contribution in [0.4, 0.5) is 5.69 Å². The van der Waals surface area contributed by atoms with Gasteiger partial charge in [0.2, 0.25) is 0 Å². The Kier molecular flexibility index (Phi) is 5.04. The summed E-state index contributed by atoms with van der Waals surface area (Å²) in [6, 6.07) is 8.63. The molecule has 0 aliphatic rings. The quantitative estimate of drug-likeness (QED) is 0.344. The summed E-state index contributed by atoms with van der Waals surface area (Å²) in [7, 11) is -9.44. The van der Waals surface area contributed by atoms with Crippen molar-refractivity contribution in [1.29, 1.82) is 0 Å². The second-order valence-corrected chi connectivity index (χ2v) is 7.52. The fourth-order valence-corrected chi connectivity index (χ4v) is 3.66. The molecule has 0 saturated carbocycles. The summed E-state index contributed by atoms with van der Waals surface area (Å²) < 4.78 is 64.1. The van der Waals surface area contributed by atoms with Gasteiger partial charge in [0.05, 0.1) is 4.92 Å². The second-order valence-electron chi connectivity index (χ2n) is 4.77. The van der Waals surface area contributed by atoms with Crippen LogP contribution in [0, 0.1) is 10.1 Å². The lowest BCUT2D eigenvalue weighted by molar-refractivity contribution is -0.387. The highest BCUT2D eigenvalue weighted by Gasteiger charge is 2.26. The van der Waals surface area contributed by atoms with Crippen molar-refractivity contribution >= 4 is 38.1 Å². The van der Waals surface area contributed by atoms with Gasteiger partial charge in [-0.2, -0.15) is 16.8 Å². The van der Waals surface area contributed by atoms with Gasteiger partial charge < -0.3 is 0 Å². The monoisotopic (exact) mass is 385 g/mol. The third-order valence-electron chi connectivity index (χ3n) is 3.12. The number of nitro benzene ring substituents is 1. The zero-order valence-electron chi connectivity index (χ0n) is 12.3. The molecule has 0 aliphatic carbocycles. The lowest BCUT2D eigenvalue weighted by Gasteiger charge is -2.05. The normalized spacial score (nSPS) is 12.4. The van der Waals surface area contributed by atoms with Gasteiger partial charge in [-0.1, -0.05) is 42.5 Å². The fourth-order valence-electron chi connectivity index (χ4n) is 2.13. The van der Waals surface area contributed by atoms with Crippen molar-refractivity contribution in [3.63, 3.8) is 0 Å². The Bertz CT molecular complexity index is 1070. The first-order valence-corrected chi connectivity index (χ1v) is 9.39. The van der Waals surface area contributed by atoms with Crippen molar-refractivity contribution < 1.29 is 30.9 Å². The minimum absolute atomic E-state index is 0.0257. The standard InChI is InChI=1S/C14H11NO8S2/c16-15(17)12-6-3-5-11(14(12)25(21,22)23)9-8-10-4-1-2-7-13(10)24(18,19)20/h1-9H,(H,18,19,20)(H,21,22,23)/b9-8+. The van der Waals surface area contributed by atoms with Crippen molar-refractivity contribution in [2.24, 2.45) is 0 Å². The van der Waals surface area contributed by atoms with E-state index in [1.54, 1.807) is 0 Å². The van der Waals surface area contributed by atoms with Gasteiger partial charge in [0.25, 0.3) is 15.8 Å². The van der Waals surface area contributed by atoms with E-state index in [9.17, 15) is 36.1 Å². The minimum Gasteiger partial charge on any atom is -0.282 e. The van der Waals surface area contributed by atoms with E-state index in [4.69, 9.17) is 0 Å². The van der Waals surface area contributed by atoms with Gasteiger partial charge in [-0.05, 0) is 11.6 Å². The van der Waals surface area contributed by atoms with E-state index in [0.717, 1.165) is 24.3 Å². The molecule has 0 unspecified atom stereocenters. The summed E-state index contributed by atoms with van der Waals surface area (Å²) in [5.41, 5.74) is -1.02. The van der Waals surface area contributed by atoms with Gasteiger partial charge in [0, 0.05) is 11.6 Å². The van der Waals surface area contributed by atoms with Gasteiger partial charge in [-0.25, -0.2) is 0 Å². The second kappa shape index (κ2) is 6.72. The average Bonchev–Trinajstić information content (AvgIpc) is 2.51. The van der Waals surface area contributed by atoms with E-state index >= 15 is 0 Å². The lowest BCUT2D eigenvalue weighted by Crippen LogP contribution is -2.05. The summed E-state index contributed by atoms with van der Waals surface area (Å²) >= 11 is 0. The lowest BCUT2D eigenvalue weighted by atomic mass is 10.1. The van der Waals surface area contributed by atoms with Crippen molar-refractivity contribution in [1.82, 2.24) is 0 Å². The van der Waals surface area contributed by atoms with Crippen LogP contribution in [0.25, 0.3) is 12.2 Å². The van der Waals surface area contributed by atoms with Crippen LogP contribution in [0.5, 0.6) is 0 Å². The highest BCUT2D eigenvalue weighted by Crippen LogP contribution is 2.29. The first kappa shape index (κ1) is 18.7. The molecule has 2 aromatic rings. The van der Waals surface area contributed by atoms with Crippen LogP contribution in [-0.2, 0) is 20.2 Å². The molecular weight excluding hydrogens is 374 g/mol. The van der Waals surface area contributed by atoms with E-state index in [-0.39, 0.29) is 11.1 Å². The molecule has 132 valence electrons. The van der Waals surface area contributed by atoms with Gasteiger partial charge in [0.1, 0.15) is 4.90 Å². The molecule has 0 aromatic heterocycles. The Morgan fingerprint density at radius 2 is 1.40 bits per heavy atom. The topological polar surface area (TPSA) is 152 Å². The molecule has 0 fully saturated rings. The van der Waals surface area contributed by atoms with Crippen LogP contribution in [0.15, 0.2) is 52.3 Å². The van der Waals surface area contributed by atoms with E-state index in [2.05, 4.69) is 0 Å². The number of hydrogen-bond donors (Lipinski definition) is 2. The molecule has 0 heterocycles. The maximum absolute atomic E-state index is 11.5. The number of hydrogen-bond acceptors (Lipinski definition) is 6. The van der Waals surface area contributed by atoms with Crippen molar-refractivity contribution in [3.8, 4) is 0 Å². The van der Waals surface area contributed by atoms with Crippen LogP contribution in [0.3, 0.4) is 0 Å². The van der Waals surface area contributed by atoms with Gasteiger partial charge in [-0.15, -0.1) is 0 Å². The smallest absolute Gasteiger partial charge is 0.282 e. The van der Waals surface area contributed by atoms with Gasteiger partial charge in [-0.3, -0.25) is 19.2 Å². The minimum atomic E-state index is -4.91. The largest absolute Gasteiger partial charge is 0.302 e. The third kappa shape index (κ3) is 4.28. The summed E-state index contributed by atoms with van der Waals surface area (Å²) in [4.78, 5) is 8.67. The molecule has 11 heteroatoms. The molecule has 0 bridgehead atoms. The molecular formula is C14H11NO8S2. The third-order valence-corrected chi connectivity index (χ3v) is 5.01. The zero-order chi connectivity index (χ0) is 18.8. The summed E-state index contributed by atoms with van der Waals surface area (Å²) in [6.45, 7) is 0. The maximum Gasteiger partial charge on any atom is 0.302 e. The molecule has 0 radical (unpaired) electrons. The molecule has 0 spiro atoms. The van der Waals surface area contributed by atoms with Crippen LogP contribution in [0.2, 0.25) is 0 Å². The van der Waals surface area contributed by atoms with Gasteiger partial charge >= 0.3 is 10.1 Å². The van der Waals surface area contributed by atoms with E-state index in [0.29, 0.717) is 0 Å². The van der Waals surface area contributed by atoms with E-state index in [1.807, 2.05) is 0 Å². The van der Waals surface area contributed by atoms with Crippen molar-refractivity contribution in [2.75, 3.05) is 0 Å². The van der Waals surface area contributed by atoms with Crippen LogP contribution >= 0.6 is 0 Å². The first-order chi connectivity index (χ1) is 11.5. The van der Waals surface area contributed by atoms with Crippen molar-refractivity contribution in [2.45, 2.75) is 9.79 Å². The maximum atomic E-state index is 11.5. The number of benzene rings is 2. The molecule has 0 atom stereocenters. The number of rotatable bonds is 5.